The first-order valence-electron chi connectivity index (χ1n) is 12.9. The molecule has 0 bridgehead atoms. The van der Waals surface area contributed by atoms with Crippen LogP contribution >= 0.6 is 0 Å². The highest BCUT2D eigenvalue weighted by atomic mass is 16.6. The molecule has 1 aliphatic rings. The molecular formula is C31H41BNO3-. The normalized spacial score (nSPS) is 19.2. The van der Waals surface area contributed by atoms with Crippen molar-refractivity contribution in [2.45, 2.75) is 57.5 Å². The minimum atomic E-state index is -2.37. The average molecular weight is 486 g/mol. The quantitative estimate of drug-likeness (QED) is 0.397. The first-order chi connectivity index (χ1) is 16.9. The molecule has 192 valence electrons. The van der Waals surface area contributed by atoms with Crippen molar-refractivity contribution in [2.24, 2.45) is 0 Å². The van der Waals surface area contributed by atoms with Gasteiger partial charge >= 0.3 is 0 Å². The second kappa shape index (κ2) is 11.3. The number of nitrogens with zero attached hydrogens (tertiary/aromatic N) is 1. The SMILES string of the molecule is C[N+](C)(C)C.Cc1ccccc1C1(OB([O-])[O-])CCCCC1(c1ccccc1C)c1ccccc1C. The Bertz CT molecular complexity index is 1100. The van der Waals surface area contributed by atoms with E-state index in [9.17, 15) is 10.0 Å². The zero-order valence-electron chi connectivity index (χ0n) is 23.0. The summed E-state index contributed by atoms with van der Waals surface area (Å²) in [6, 6.07) is 24.7. The van der Waals surface area contributed by atoms with E-state index in [1.807, 2.05) is 55.5 Å². The Balaban J connectivity index is 0.000000658. The third-order valence-electron chi connectivity index (χ3n) is 7.11. The fraction of sp³-hybridized carbons (Fsp3) is 0.419. The zero-order chi connectivity index (χ0) is 26.6. The van der Waals surface area contributed by atoms with Crippen LogP contribution in [0.4, 0.5) is 0 Å². The molecule has 1 aliphatic carbocycles. The van der Waals surface area contributed by atoms with Gasteiger partial charge in [-0.05, 0) is 67.0 Å². The molecule has 0 spiro atoms. The van der Waals surface area contributed by atoms with Crippen LogP contribution in [-0.4, -0.2) is 40.0 Å². The lowest BCUT2D eigenvalue weighted by atomic mass is 9.52. The maximum absolute atomic E-state index is 12.2. The highest BCUT2D eigenvalue weighted by Crippen LogP contribution is 2.59. The maximum Gasteiger partial charge on any atom is 0.0875 e. The van der Waals surface area contributed by atoms with Gasteiger partial charge in [-0.2, -0.15) is 0 Å². The van der Waals surface area contributed by atoms with E-state index in [2.05, 4.69) is 66.3 Å². The molecule has 1 atom stereocenters. The van der Waals surface area contributed by atoms with Crippen molar-refractivity contribution in [3.63, 3.8) is 0 Å². The summed E-state index contributed by atoms with van der Waals surface area (Å²) in [4.78, 5) is 0. The van der Waals surface area contributed by atoms with Crippen molar-refractivity contribution in [1.29, 1.82) is 0 Å². The topological polar surface area (TPSA) is 55.3 Å². The molecule has 0 heterocycles. The number of hydrogen-bond acceptors (Lipinski definition) is 3. The van der Waals surface area contributed by atoms with Crippen molar-refractivity contribution >= 4 is 7.32 Å². The summed E-state index contributed by atoms with van der Waals surface area (Å²) in [7, 11) is 6.13. The molecule has 3 aromatic rings. The number of hydrogen-bond donors (Lipinski definition) is 0. The number of benzene rings is 3. The molecular weight excluding hydrogens is 445 g/mol. The van der Waals surface area contributed by atoms with Crippen LogP contribution in [0.15, 0.2) is 72.8 Å². The average Bonchev–Trinajstić information content (AvgIpc) is 2.79. The lowest BCUT2D eigenvalue weighted by Gasteiger charge is -2.59. The predicted molar refractivity (Wildman–Crippen MR) is 145 cm³/mol. The summed E-state index contributed by atoms with van der Waals surface area (Å²) in [5.41, 5.74) is 4.85. The molecule has 0 N–H and O–H groups in total. The van der Waals surface area contributed by atoms with Crippen molar-refractivity contribution in [3.8, 4) is 0 Å². The summed E-state index contributed by atoms with van der Waals surface area (Å²) in [5.74, 6) is 0. The largest absolute Gasteiger partial charge is 0.871 e. The Morgan fingerprint density at radius 3 is 1.39 bits per heavy atom. The van der Waals surface area contributed by atoms with Gasteiger partial charge < -0.3 is 19.2 Å². The van der Waals surface area contributed by atoms with Crippen LogP contribution in [0.2, 0.25) is 0 Å². The molecule has 0 aliphatic heterocycles. The molecule has 0 aromatic heterocycles. The van der Waals surface area contributed by atoms with Gasteiger partial charge in [0.2, 0.25) is 0 Å². The van der Waals surface area contributed by atoms with Crippen molar-refractivity contribution in [2.75, 3.05) is 28.2 Å². The van der Waals surface area contributed by atoms with Crippen molar-refractivity contribution < 1.29 is 19.2 Å². The molecule has 1 fully saturated rings. The first-order valence-corrected chi connectivity index (χ1v) is 12.9. The lowest BCUT2D eigenvalue weighted by Crippen LogP contribution is -2.62. The van der Waals surface area contributed by atoms with Crippen LogP contribution in [0.5, 0.6) is 0 Å². The van der Waals surface area contributed by atoms with Gasteiger partial charge in [0.15, 0.2) is 0 Å². The molecule has 0 radical (unpaired) electrons. The fourth-order valence-corrected chi connectivity index (χ4v) is 5.91. The van der Waals surface area contributed by atoms with Gasteiger partial charge in [0.25, 0.3) is 0 Å². The van der Waals surface area contributed by atoms with Gasteiger partial charge in [0.1, 0.15) is 0 Å². The summed E-state index contributed by atoms with van der Waals surface area (Å²) in [5, 5.41) is 24.5. The van der Waals surface area contributed by atoms with E-state index in [1.165, 1.54) is 0 Å². The molecule has 4 nitrogen and oxygen atoms in total. The second-order valence-electron chi connectivity index (χ2n) is 11.5. The molecule has 1 unspecified atom stereocenters. The van der Waals surface area contributed by atoms with Crippen LogP contribution in [0, 0.1) is 20.8 Å². The number of quaternary nitrogens is 1. The molecule has 0 amide bonds. The van der Waals surface area contributed by atoms with E-state index in [0.29, 0.717) is 6.42 Å². The minimum Gasteiger partial charge on any atom is -0.871 e. The highest BCUT2D eigenvalue weighted by molar-refractivity contribution is 6.28. The Labute approximate surface area is 218 Å². The summed E-state index contributed by atoms with van der Waals surface area (Å²) in [6.07, 6.45) is 3.34. The molecule has 0 saturated heterocycles. The van der Waals surface area contributed by atoms with Crippen LogP contribution in [0.1, 0.15) is 59.1 Å². The Kier molecular flexibility index (Phi) is 8.84. The molecule has 36 heavy (non-hydrogen) atoms. The Morgan fingerprint density at radius 2 is 1.00 bits per heavy atom. The smallest absolute Gasteiger partial charge is 0.0875 e. The monoisotopic (exact) mass is 486 g/mol. The standard InChI is InChI=1S/C27H29BO3.C4H12N/c1-20-12-4-7-15-23(20)26(24-16-8-5-13-21(24)2)18-10-11-19-27(26,31-28(29)30)25-17-9-6-14-22(25)3;1-5(2,3)4/h4-9,12-17H,10-11,18-19H2,1-3H3;1-4H3/q-2;+1. The second-order valence-corrected chi connectivity index (χ2v) is 11.5. The molecule has 4 rings (SSSR count). The van der Waals surface area contributed by atoms with Gasteiger partial charge in [-0.3, -0.25) is 0 Å². The predicted octanol–water partition coefficient (Wildman–Crippen LogP) is 4.41. The van der Waals surface area contributed by atoms with Crippen LogP contribution in [0.3, 0.4) is 0 Å². The van der Waals surface area contributed by atoms with Crippen molar-refractivity contribution in [3.05, 3.63) is 106 Å². The highest BCUT2D eigenvalue weighted by Gasteiger charge is 2.57. The van der Waals surface area contributed by atoms with Crippen LogP contribution in [0.25, 0.3) is 0 Å². The number of aryl methyl sites for hydroxylation is 3. The first kappa shape index (κ1) is 28.1. The van der Waals surface area contributed by atoms with Gasteiger partial charge in [0.05, 0.1) is 46.5 Å². The van der Waals surface area contributed by atoms with Crippen LogP contribution in [-0.2, 0) is 15.7 Å². The molecule has 5 heteroatoms. The van der Waals surface area contributed by atoms with Crippen LogP contribution < -0.4 is 10.0 Å². The minimum absolute atomic E-state index is 0.626. The van der Waals surface area contributed by atoms with E-state index < -0.39 is 18.3 Å². The Hall–Kier alpha value is -2.44. The number of rotatable bonds is 5. The fourth-order valence-electron chi connectivity index (χ4n) is 5.91. The van der Waals surface area contributed by atoms with E-state index in [4.69, 9.17) is 4.65 Å². The van der Waals surface area contributed by atoms with Gasteiger partial charge in [-0.1, -0.05) is 85.6 Å². The summed E-state index contributed by atoms with van der Waals surface area (Å²) in [6.45, 7) is 6.26. The summed E-state index contributed by atoms with van der Waals surface area (Å²) < 4.78 is 7.07. The molecule has 3 aromatic carbocycles. The van der Waals surface area contributed by atoms with Crippen molar-refractivity contribution in [1.82, 2.24) is 0 Å². The third-order valence-corrected chi connectivity index (χ3v) is 7.11. The van der Waals surface area contributed by atoms with E-state index in [0.717, 1.165) is 57.1 Å². The molecule has 1 saturated carbocycles. The Morgan fingerprint density at radius 1 is 0.639 bits per heavy atom. The third kappa shape index (κ3) is 5.76. The van der Waals surface area contributed by atoms with E-state index >= 15 is 0 Å². The van der Waals surface area contributed by atoms with Gasteiger partial charge in [-0.25, -0.2) is 0 Å². The van der Waals surface area contributed by atoms with E-state index in [-0.39, 0.29) is 0 Å². The summed E-state index contributed by atoms with van der Waals surface area (Å²) >= 11 is 0. The zero-order valence-corrected chi connectivity index (χ0v) is 23.0. The maximum atomic E-state index is 12.2. The van der Waals surface area contributed by atoms with Gasteiger partial charge in [-0.15, -0.1) is 0 Å². The van der Waals surface area contributed by atoms with Gasteiger partial charge in [0, 0.05) is 0 Å². The lowest BCUT2D eigenvalue weighted by molar-refractivity contribution is -0.849. The van der Waals surface area contributed by atoms with E-state index in [1.54, 1.807) is 0 Å².